The topological polar surface area (TPSA) is 76.4 Å². The van der Waals surface area contributed by atoms with Gasteiger partial charge in [0.1, 0.15) is 30.3 Å². The van der Waals surface area contributed by atoms with Crippen LogP contribution in [0.25, 0.3) is 0 Å². The van der Waals surface area contributed by atoms with Crippen LogP contribution in [0.1, 0.15) is 12.7 Å². The second-order valence-electron chi connectivity index (χ2n) is 5.03. The molecule has 2 N–H and O–H groups in total. The zero-order valence-corrected chi connectivity index (χ0v) is 14.0. The average Bonchev–Trinajstić information content (AvgIpc) is 3.04. The molecule has 1 aromatic carbocycles. The molecule has 8 heteroatoms. The van der Waals surface area contributed by atoms with Gasteiger partial charge < -0.3 is 19.9 Å². The molecule has 0 spiro atoms. The standard InChI is InChI=1S/C16H23FN6O/c1-3-15-22-21-12-23(15)9-7-19-16(18-2)20-8-10-24-14-6-4-5-13(17)11-14/h4-6,11-12H,3,7-10H2,1-2H3,(H2,18,19,20). The van der Waals surface area contributed by atoms with E-state index in [4.69, 9.17) is 4.74 Å². The van der Waals surface area contributed by atoms with E-state index < -0.39 is 0 Å². The van der Waals surface area contributed by atoms with Gasteiger partial charge in [-0.3, -0.25) is 4.99 Å². The minimum atomic E-state index is -0.307. The molecule has 2 rings (SSSR count). The second-order valence-corrected chi connectivity index (χ2v) is 5.03. The summed E-state index contributed by atoms with van der Waals surface area (Å²) in [7, 11) is 1.71. The number of guanidine groups is 1. The highest BCUT2D eigenvalue weighted by Crippen LogP contribution is 2.11. The molecule has 0 saturated heterocycles. The van der Waals surface area contributed by atoms with Crippen molar-refractivity contribution >= 4 is 5.96 Å². The molecule has 24 heavy (non-hydrogen) atoms. The van der Waals surface area contributed by atoms with Crippen LogP contribution in [0.4, 0.5) is 4.39 Å². The van der Waals surface area contributed by atoms with Crippen molar-refractivity contribution < 1.29 is 9.13 Å². The van der Waals surface area contributed by atoms with E-state index in [0.717, 1.165) is 18.8 Å². The minimum Gasteiger partial charge on any atom is -0.492 e. The first-order chi connectivity index (χ1) is 11.7. The maximum atomic E-state index is 13.0. The predicted octanol–water partition coefficient (Wildman–Crippen LogP) is 1.22. The Morgan fingerprint density at radius 3 is 2.92 bits per heavy atom. The van der Waals surface area contributed by atoms with Crippen LogP contribution in [0.5, 0.6) is 5.75 Å². The number of ether oxygens (including phenoxy) is 1. The van der Waals surface area contributed by atoms with Crippen LogP contribution in [0, 0.1) is 5.82 Å². The predicted molar refractivity (Wildman–Crippen MR) is 90.7 cm³/mol. The lowest BCUT2D eigenvalue weighted by atomic mass is 10.3. The number of halogens is 1. The highest BCUT2D eigenvalue weighted by molar-refractivity contribution is 5.79. The number of hydrogen-bond acceptors (Lipinski definition) is 4. The smallest absolute Gasteiger partial charge is 0.191 e. The Balaban J connectivity index is 1.65. The van der Waals surface area contributed by atoms with E-state index in [1.54, 1.807) is 25.5 Å². The molecule has 7 nitrogen and oxygen atoms in total. The zero-order chi connectivity index (χ0) is 17.2. The first-order valence-corrected chi connectivity index (χ1v) is 7.92. The highest BCUT2D eigenvalue weighted by atomic mass is 19.1. The molecule has 0 atom stereocenters. The van der Waals surface area contributed by atoms with Crippen LogP contribution in [0.3, 0.4) is 0 Å². The van der Waals surface area contributed by atoms with Crippen molar-refractivity contribution in [2.75, 3.05) is 26.7 Å². The van der Waals surface area contributed by atoms with Gasteiger partial charge in [0.2, 0.25) is 0 Å². The fourth-order valence-corrected chi connectivity index (χ4v) is 2.15. The molecular formula is C16H23FN6O. The van der Waals surface area contributed by atoms with Crippen LogP contribution in [0.2, 0.25) is 0 Å². The summed E-state index contributed by atoms with van der Waals surface area (Å²) in [4.78, 5) is 4.15. The number of aryl methyl sites for hydroxylation is 1. The fourth-order valence-electron chi connectivity index (χ4n) is 2.15. The molecule has 0 aliphatic heterocycles. The van der Waals surface area contributed by atoms with Crippen molar-refractivity contribution in [3.05, 3.63) is 42.2 Å². The SMILES string of the molecule is CCc1nncn1CCNC(=NC)NCCOc1cccc(F)c1. The van der Waals surface area contributed by atoms with Crippen molar-refractivity contribution in [3.63, 3.8) is 0 Å². The summed E-state index contributed by atoms with van der Waals surface area (Å²) in [5.41, 5.74) is 0. The maximum absolute atomic E-state index is 13.0. The van der Waals surface area contributed by atoms with E-state index in [2.05, 4.69) is 25.8 Å². The van der Waals surface area contributed by atoms with Gasteiger partial charge in [-0.2, -0.15) is 0 Å². The molecule has 0 unspecified atom stereocenters. The molecule has 130 valence electrons. The number of benzene rings is 1. The molecule has 1 aromatic heterocycles. The summed E-state index contributed by atoms with van der Waals surface area (Å²) in [5.74, 6) is 1.85. The number of nitrogens with one attached hydrogen (secondary N) is 2. The van der Waals surface area contributed by atoms with Gasteiger partial charge in [0.15, 0.2) is 5.96 Å². The van der Waals surface area contributed by atoms with Crippen LogP contribution in [-0.4, -0.2) is 47.5 Å². The van der Waals surface area contributed by atoms with E-state index in [-0.39, 0.29) is 5.82 Å². The lowest BCUT2D eigenvalue weighted by Gasteiger charge is -2.13. The van der Waals surface area contributed by atoms with E-state index in [0.29, 0.717) is 31.4 Å². The Kier molecular flexibility index (Phi) is 7.00. The van der Waals surface area contributed by atoms with E-state index in [1.165, 1.54) is 12.1 Å². The van der Waals surface area contributed by atoms with Crippen molar-refractivity contribution in [2.24, 2.45) is 4.99 Å². The maximum Gasteiger partial charge on any atom is 0.191 e. The third kappa shape index (κ3) is 5.53. The number of hydrogen-bond donors (Lipinski definition) is 2. The number of aromatic nitrogens is 3. The summed E-state index contributed by atoms with van der Waals surface area (Å²) in [6.07, 6.45) is 2.58. The molecule has 0 bridgehead atoms. The lowest BCUT2D eigenvalue weighted by molar-refractivity contribution is 0.320. The minimum absolute atomic E-state index is 0.307. The quantitative estimate of drug-likeness (QED) is 0.431. The van der Waals surface area contributed by atoms with Crippen molar-refractivity contribution in [1.29, 1.82) is 0 Å². The monoisotopic (exact) mass is 334 g/mol. The molecule has 0 saturated carbocycles. The third-order valence-electron chi connectivity index (χ3n) is 3.34. The normalized spacial score (nSPS) is 11.4. The molecular weight excluding hydrogens is 311 g/mol. The molecule has 0 aliphatic rings. The van der Waals surface area contributed by atoms with Crippen molar-refractivity contribution in [3.8, 4) is 5.75 Å². The van der Waals surface area contributed by atoms with Crippen molar-refractivity contribution in [2.45, 2.75) is 19.9 Å². The summed E-state index contributed by atoms with van der Waals surface area (Å²) < 4.78 is 20.5. The highest BCUT2D eigenvalue weighted by Gasteiger charge is 2.02. The fraction of sp³-hybridized carbons (Fsp3) is 0.438. The zero-order valence-electron chi connectivity index (χ0n) is 14.0. The summed E-state index contributed by atoms with van der Waals surface area (Å²) in [5, 5.41) is 14.3. The van der Waals surface area contributed by atoms with Crippen LogP contribution < -0.4 is 15.4 Å². The van der Waals surface area contributed by atoms with E-state index >= 15 is 0 Å². The molecule has 0 radical (unpaired) electrons. The summed E-state index contributed by atoms with van der Waals surface area (Å²) in [6, 6.07) is 6.09. The van der Waals surface area contributed by atoms with Gasteiger partial charge in [0.05, 0.1) is 6.54 Å². The Morgan fingerprint density at radius 1 is 1.33 bits per heavy atom. The number of nitrogens with zero attached hydrogens (tertiary/aromatic N) is 4. The Labute approximate surface area is 141 Å². The van der Waals surface area contributed by atoms with Gasteiger partial charge in [0.25, 0.3) is 0 Å². The first-order valence-electron chi connectivity index (χ1n) is 7.92. The lowest BCUT2D eigenvalue weighted by Crippen LogP contribution is -2.40. The summed E-state index contributed by atoms with van der Waals surface area (Å²) in [6.45, 7) is 4.48. The Bertz CT molecular complexity index is 658. The average molecular weight is 334 g/mol. The molecule has 1 heterocycles. The Hall–Kier alpha value is -2.64. The van der Waals surface area contributed by atoms with Gasteiger partial charge >= 0.3 is 0 Å². The Morgan fingerprint density at radius 2 is 2.17 bits per heavy atom. The molecule has 0 aliphatic carbocycles. The van der Waals surface area contributed by atoms with Gasteiger partial charge in [0, 0.05) is 32.6 Å². The third-order valence-corrected chi connectivity index (χ3v) is 3.34. The molecule has 0 fully saturated rings. The largest absolute Gasteiger partial charge is 0.492 e. The molecule has 0 amide bonds. The second kappa shape index (κ2) is 9.49. The number of aliphatic imine (C=N–C) groups is 1. The molecule has 2 aromatic rings. The van der Waals surface area contributed by atoms with E-state index in [1.807, 2.05) is 11.5 Å². The van der Waals surface area contributed by atoms with Gasteiger partial charge in [-0.15, -0.1) is 10.2 Å². The summed E-state index contributed by atoms with van der Waals surface area (Å²) >= 11 is 0. The van der Waals surface area contributed by atoms with Crippen LogP contribution in [0.15, 0.2) is 35.6 Å². The van der Waals surface area contributed by atoms with E-state index in [9.17, 15) is 4.39 Å². The van der Waals surface area contributed by atoms with Crippen molar-refractivity contribution in [1.82, 2.24) is 25.4 Å². The van der Waals surface area contributed by atoms with Crippen LogP contribution >= 0.6 is 0 Å². The van der Waals surface area contributed by atoms with Gasteiger partial charge in [-0.25, -0.2) is 4.39 Å². The number of rotatable bonds is 8. The van der Waals surface area contributed by atoms with Crippen LogP contribution in [-0.2, 0) is 13.0 Å². The van der Waals surface area contributed by atoms with Gasteiger partial charge in [-0.05, 0) is 12.1 Å². The first kappa shape index (κ1) is 17.7. The van der Waals surface area contributed by atoms with Gasteiger partial charge in [-0.1, -0.05) is 13.0 Å².